The molecular weight excluding hydrogens is 320 g/mol. The summed E-state index contributed by atoms with van der Waals surface area (Å²) < 4.78 is 11.4. The van der Waals surface area contributed by atoms with Crippen molar-refractivity contribution in [1.82, 2.24) is 20.1 Å². The van der Waals surface area contributed by atoms with Crippen molar-refractivity contribution in [2.24, 2.45) is 0 Å². The largest absolute Gasteiger partial charge is 0.422 e. The summed E-state index contributed by atoms with van der Waals surface area (Å²) in [6.45, 7) is 3.47. The molecule has 2 aromatic heterocycles. The third kappa shape index (κ3) is 3.16. The van der Waals surface area contributed by atoms with Gasteiger partial charge in [0.1, 0.15) is 0 Å². The van der Waals surface area contributed by atoms with E-state index in [0.717, 1.165) is 25.0 Å². The Morgan fingerprint density at radius 2 is 2.32 bits per heavy atom. The van der Waals surface area contributed by atoms with Crippen LogP contribution in [0.4, 0.5) is 0 Å². The molecule has 0 bridgehead atoms. The van der Waals surface area contributed by atoms with Gasteiger partial charge in [0, 0.05) is 19.2 Å². The molecule has 1 fully saturated rings. The van der Waals surface area contributed by atoms with Crippen LogP contribution in [-0.2, 0) is 22.4 Å². The lowest BCUT2D eigenvalue weighted by Gasteiger charge is -2.35. The fourth-order valence-electron chi connectivity index (χ4n) is 3.61. The van der Waals surface area contributed by atoms with Crippen LogP contribution >= 0.6 is 0 Å². The van der Waals surface area contributed by atoms with Gasteiger partial charge in [-0.25, -0.2) is 0 Å². The number of aryl methyl sites for hydroxylation is 2. The average Bonchev–Trinajstić information content (AvgIpc) is 3.16. The summed E-state index contributed by atoms with van der Waals surface area (Å²) >= 11 is 0. The standard InChI is InChI=1S/C18H22N4O3/c1-2-15-20-21-17(25-15)14-11-22(9-10-24-14)18(23)13-7-3-5-12-6-4-8-19-16(12)13/h4,6,8,13-14H,2-3,5,7,9-11H2,1H3/t13-,14+/m0/s1. The predicted octanol–water partition coefficient (Wildman–Crippen LogP) is 2.05. The second-order valence-electron chi connectivity index (χ2n) is 6.52. The van der Waals surface area contributed by atoms with E-state index in [4.69, 9.17) is 9.15 Å². The highest BCUT2D eigenvalue weighted by Gasteiger charge is 2.35. The van der Waals surface area contributed by atoms with Gasteiger partial charge in [-0.15, -0.1) is 10.2 Å². The Morgan fingerprint density at radius 1 is 1.40 bits per heavy atom. The molecule has 132 valence electrons. The number of morpholine rings is 1. The van der Waals surface area contributed by atoms with Crippen molar-refractivity contribution in [3.63, 3.8) is 0 Å². The normalized spacial score (nSPS) is 23.3. The van der Waals surface area contributed by atoms with E-state index in [9.17, 15) is 4.79 Å². The molecule has 2 aliphatic rings. The molecule has 25 heavy (non-hydrogen) atoms. The maximum absolute atomic E-state index is 13.1. The Hall–Kier alpha value is -2.28. The van der Waals surface area contributed by atoms with Crippen molar-refractivity contribution in [2.75, 3.05) is 19.7 Å². The van der Waals surface area contributed by atoms with E-state index in [1.54, 1.807) is 6.20 Å². The van der Waals surface area contributed by atoms with E-state index in [1.165, 1.54) is 5.56 Å². The van der Waals surface area contributed by atoms with Crippen LogP contribution in [-0.4, -0.2) is 45.7 Å². The number of hydrogen-bond donors (Lipinski definition) is 0. The first-order valence-corrected chi connectivity index (χ1v) is 8.92. The molecule has 3 heterocycles. The van der Waals surface area contributed by atoms with Crippen LogP contribution in [0.25, 0.3) is 0 Å². The van der Waals surface area contributed by atoms with Crippen molar-refractivity contribution in [2.45, 2.75) is 44.6 Å². The monoisotopic (exact) mass is 342 g/mol. The molecule has 0 aromatic carbocycles. The topological polar surface area (TPSA) is 81.4 Å². The van der Waals surface area contributed by atoms with Crippen LogP contribution in [0.15, 0.2) is 22.7 Å². The van der Waals surface area contributed by atoms with E-state index >= 15 is 0 Å². The molecule has 1 aliphatic heterocycles. The quantitative estimate of drug-likeness (QED) is 0.849. The second kappa shape index (κ2) is 6.92. The molecule has 7 nitrogen and oxygen atoms in total. The number of pyridine rings is 1. The van der Waals surface area contributed by atoms with E-state index in [2.05, 4.69) is 21.2 Å². The summed E-state index contributed by atoms with van der Waals surface area (Å²) in [5.74, 6) is 1.02. The number of aromatic nitrogens is 3. The number of fused-ring (bicyclic) bond motifs is 1. The maximum atomic E-state index is 13.1. The van der Waals surface area contributed by atoms with Gasteiger partial charge >= 0.3 is 0 Å². The smallest absolute Gasteiger partial charge is 0.247 e. The van der Waals surface area contributed by atoms with E-state index in [0.29, 0.717) is 37.9 Å². The van der Waals surface area contributed by atoms with Crippen LogP contribution < -0.4 is 0 Å². The van der Waals surface area contributed by atoms with Crippen molar-refractivity contribution >= 4 is 5.91 Å². The Kier molecular flexibility index (Phi) is 4.48. The van der Waals surface area contributed by atoms with Gasteiger partial charge in [0.05, 0.1) is 24.8 Å². The summed E-state index contributed by atoms with van der Waals surface area (Å²) in [5.41, 5.74) is 2.13. The highest BCUT2D eigenvalue weighted by molar-refractivity contribution is 5.84. The number of carbonyl (C=O) groups is 1. The van der Waals surface area contributed by atoms with Crippen molar-refractivity contribution in [3.05, 3.63) is 41.4 Å². The zero-order valence-electron chi connectivity index (χ0n) is 14.4. The highest BCUT2D eigenvalue weighted by atomic mass is 16.5. The first-order chi connectivity index (χ1) is 12.3. The molecule has 1 saturated heterocycles. The minimum absolute atomic E-state index is 0.128. The molecule has 0 N–H and O–H groups in total. The third-order valence-electron chi connectivity index (χ3n) is 4.93. The summed E-state index contributed by atoms with van der Waals surface area (Å²) in [4.78, 5) is 19.5. The zero-order chi connectivity index (χ0) is 17.2. The minimum Gasteiger partial charge on any atom is -0.422 e. The average molecular weight is 342 g/mol. The summed E-state index contributed by atoms with van der Waals surface area (Å²) in [7, 11) is 0. The fraction of sp³-hybridized carbons (Fsp3) is 0.556. The van der Waals surface area contributed by atoms with Crippen LogP contribution in [0.2, 0.25) is 0 Å². The lowest BCUT2D eigenvalue weighted by atomic mass is 9.85. The van der Waals surface area contributed by atoms with Gasteiger partial charge in [-0.2, -0.15) is 0 Å². The SMILES string of the molecule is CCc1nnc([C@H]2CN(C(=O)[C@H]3CCCc4cccnc43)CCO2)o1. The number of amides is 1. The molecule has 2 aromatic rings. The van der Waals surface area contributed by atoms with E-state index < -0.39 is 0 Å². The Labute approximate surface area is 146 Å². The summed E-state index contributed by atoms with van der Waals surface area (Å²) in [5, 5.41) is 8.05. The first-order valence-electron chi connectivity index (χ1n) is 8.92. The third-order valence-corrected chi connectivity index (χ3v) is 4.93. The first kappa shape index (κ1) is 16.2. The zero-order valence-corrected chi connectivity index (χ0v) is 14.4. The van der Waals surface area contributed by atoms with Crippen LogP contribution in [0.3, 0.4) is 0 Å². The van der Waals surface area contributed by atoms with Gasteiger partial charge in [0.25, 0.3) is 0 Å². The summed E-state index contributed by atoms with van der Waals surface area (Å²) in [6, 6.07) is 4.02. The van der Waals surface area contributed by atoms with Gasteiger partial charge in [-0.05, 0) is 30.9 Å². The number of hydrogen-bond acceptors (Lipinski definition) is 6. The van der Waals surface area contributed by atoms with Crippen molar-refractivity contribution in [1.29, 1.82) is 0 Å². The molecule has 0 radical (unpaired) electrons. The highest BCUT2D eigenvalue weighted by Crippen LogP contribution is 2.32. The van der Waals surface area contributed by atoms with Crippen molar-refractivity contribution < 1.29 is 13.9 Å². The van der Waals surface area contributed by atoms with Crippen LogP contribution in [0.1, 0.15) is 54.8 Å². The fourth-order valence-corrected chi connectivity index (χ4v) is 3.61. The molecule has 0 saturated carbocycles. The van der Waals surface area contributed by atoms with E-state index in [1.807, 2.05) is 17.9 Å². The molecule has 0 unspecified atom stereocenters. The van der Waals surface area contributed by atoms with Crippen LogP contribution in [0, 0.1) is 0 Å². The summed E-state index contributed by atoms with van der Waals surface area (Å²) in [6.07, 6.45) is 4.99. The molecular formula is C18H22N4O3. The van der Waals surface area contributed by atoms with Crippen LogP contribution in [0.5, 0.6) is 0 Å². The molecule has 2 atom stereocenters. The van der Waals surface area contributed by atoms with Crippen molar-refractivity contribution in [3.8, 4) is 0 Å². The number of nitrogens with zero attached hydrogens (tertiary/aromatic N) is 4. The minimum atomic E-state index is -0.350. The van der Waals surface area contributed by atoms with Gasteiger partial charge in [0.15, 0.2) is 6.10 Å². The Balaban J connectivity index is 1.51. The van der Waals surface area contributed by atoms with Gasteiger partial charge in [-0.3, -0.25) is 9.78 Å². The van der Waals surface area contributed by atoms with Gasteiger partial charge < -0.3 is 14.1 Å². The Morgan fingerprint density at radius 3 is 3.16 bits per heavy atom. The van der Waals surface area contributed by atoms with E-state index in [-0.39, 0.29) is 17.9 Å². The molecule has 4 rings (SSSR count). The molecule has 7 heteroatoms. The van der Waals surface area contributed by atoms with Gasteiger partial charge in [0.2, 0.25) is 17.7 Å². The number of ether oxygens (including phenoxy) is 1. The Bertz CT molecular complexity index is 760. The maximum Gasteiger partial charge on any atom is 0.247 e. The number of rotatable bonds is 3. The molecule has 1 amide bonds. The number of carbonyl (C=O) groups excluding carboxylic acids is 1. The van der Waals surface area contributed by atoms with Gasteiger partial charge in [-0.1, -0.05) is 13.0 Å². The lowest BCUT2D eigenvalue weighted by Crippen LogP contribution is -2.45. The second-order valence-corrected chi connectivity index (χ2v) is 6.52. The molecule has 1 aliphatic carbocycles. The predicted molar refractivity (Wildman–Crippen MR) is 88.9 cm³/mol. The molecule has 0 spiro atoms. The lowest BCUT2D eigenvalue weighted by molar-refractivity contribution is -0.142.